The molecular formula is C20H25FN4O3. The number of ether oxygens (including phenoxy) is 1. The highest BCUT2D eigenvalue weighted by atomic mass is 19.1. The summed E-state index contributed by atoms with van der Waals surface area (Å²) in [7, 11) is 1.60. The van der Waals surface area contributed by atoms with Crippen molar-refractivity contribution in [2.24, 2.45) is 0 Å². The third-order valence-corrected chi connectivity index (χ3v) is 4.84. The van der Waals surface area contributed by atoms with E-state index in [1.165, 1.54) is 0 Å². The summed E-state index contributed by atoms with van der Waals surface area (Å²) in [5.74, 6) is 0.103. The summed E-state index contributed by atoms with van der Waals surface area (Å²) < 4.78 is 19.1. The van der Waals surface area contributed by atoms with E-state index < -0.39 is 11.4 Å². The first-order chi connectivity index (χ1) is 13.4. The minimum Gasteiger partial charge on any atom is -0.497 e. The molecule has 1 N–H and O–H groups in total. The molecule has 0 saturated carbocycles. The van der Waals surface area contributed by atoms with Crippen LogP contribution in [-0.4, -0.2) is 54.1 Å². The number of rotatable bonds is 5. The van der Waals surface area contributed by atoms with Gasteiger partial charge in [-0.25, -0.2) is 4.98 Å². The minimum absolute atomic E-state index is 0.0383. The van der Waals surface area contributed by atoms with E-state index in [2.05, 4.69) is 9.97 Å². The van der Waals surface area contributed by atoms with Crippen molar-refractivity contribution < 1.29 is 13.9 Å². The molecular weight excluding hydrogens is 363 g/mol. The number of methoxy groups -OCH3 is 1. The summed E-state index contributed by atoms with van der Waals surface area (Å²) in [4.78, 5) is 34.9. The fourth-order valence-corrected chi connectivity index (χ4v) is 3.23. The Bertz CT molecular complexity index is 905. The van der Waals surface area contributed by atoms with Crippen LogP contribution in [0.5, 0.6) is 5.75 Å². The molecule has 0 spiro atoms. The van der Waals surface area contributed by atoms with Crippen molar-refractivity contribution in [3.05, 3.63) is 51.7 Å². The van der Waals surface area contributed by atoms with Gasteiger partial charge in [0.2, 0.25) is 17.7 Å². The van der Waals surface area contributed by atoms with Gasteiger partial charge >= 0.3 is 0 Å². The zero-order valence-electron chi connectivity index (χ0n) is 16.4. The minimum atomic E-state index is -0.828. The lowest BCUT2D eigenvalue weighted by Gasteiger charge is -2.35. The number of halogens is 1. The van der Waals surface area contributed by atoms with Gasteiger partial charge in [-0.15, -0.1) is 0 Å². The molecule has 1 aliphatic heterocycles. The average Bonchev–Trinajstić information content (AvgIpc) is 2.70. The number of anilines is 1. The lowest BCUT2D eigenvalue weighted by molar-refractivity contribution is -0.130. The average molecular weight is 388 g/mol. The van der Waals surface area contributed by atoms with E-state index in [0.29, 0.717) is 38.5 Å². The number of aromatic amines is 1. The zero-order valence-corrected chi connectivity index (χ0v) is 16.4. The van der Waals surface area contributed by atoms with Crippen LogP contribution in [0.3, 0.4) is 0 Å². The van der Waals surface area contributed by atoms with Crippen LogP contribution in [0.15, 0.2) is 29.1 Å². The van der Waals surface area contributed by atoms with Gasteiger partial charge in [0.15, 0.2) is 0 Å². The first-order valence-electron chi connectivity index (χ1n) is 9.34. The SMILES string of the molecule is COc1cccc(CC(=O)N2CCN(c3nc(C(C)C)c(F)c(=O)[nH]3)CC2)c1. The highest BCUT2D eigenvalue weighted by molar-refractivity contribution is 5.79. The van der Waals surface area contributed by atoms with E-state index in [4.69, 9.17) is 4.74 Å². The number of hydrogen-bond donors (Lipinski definition) is 1. The standard InChI is InChI=1S/C20H25FN4O3/c1-13(2)18-17(21)19(27)23-20(22-18)25-9-7-24(8-10-25)16(26)12-14-5-4-6-15(11-14)28-3/h4-6,11,13H,7-10,12H2,1-3H3,(H,22,23,27). The maximum atomic E-state index is 13.9. The molecule has 8 heteroatoms. The molecule has 0 aliphatic carbocycles. The number of carbonyl (C=O) groups is 1. The van der Waals surface area contributed by atoms with Gasteiger partial charge < -0.3 is 14.5 Å². The maximum Gasteiger partial charge on any atom is 0.288 e. The lowest BCUT2D eigenvalue weighted by atomic mass is 10.1. The van der Waals surface area contributed by atoms with E-state index >= 15 is 0 Å². The smallest absolute Gasteiger partial charge is 0.288 e. The molecule has 7 nitrogen and oxygen atoms in total. The Morgan fingerprint density at radius 3 is 2.64 bits per heavy atom. The number of carbonyl (C=O) groups excluding carboxylic acids is 1. The van der Waals surface area contributed by atoms with Crippen LogP contribution in [0.1, 0.15) is 31.0 Å². The van der Waals surface area contributed by atoms with Gasteiger partial charge in [-0.1, -0.05) is 26.0 Å². The Morgan fingerprint density at radius 2 is 2.00 bits per heavy atom. The van der Waals surface area contributed by atoms with E-state index in [1.54, 1.807) is 25.9 Å². The molecule has 0 bridgehead atoms. The van der Waals surface area contributed by atoms with Crippen molar-refractivity contribution in [3.63, 3.8) is 0 Å². The molecule has 2 aromatic rings. The Kier molecular flexibility index (Phi) is 5.96. The van der Waals surface area contributed by atoms with Crippen LogP contribution in [0.4, 0.5) is 10.3 Å². The summed E-state index contributed by atoms with van der Waals surface area (Å²) >= 11 is 0. The van der Waals surface area contributed by atoms with Crippen LogP contribution < -0.4 is 15.2 Å². The topological polar surface area (TPSA) is 78.5 Å². The van der Waals surface area contributed by atoms with E-state index in [1.807, 2.05) is 29.2 Å². The first-order valence-corrected chi connectivity index (χ1v) is 9.34. The van der Waals surface area contributed by atoms with Crippen molar-refractivity contribution >= 4 is 11.9 Å². The number of hydrogen-bond acceptors (Lipinski definition) is 5. The lowest BCUT2D eigenvalue weighted by Crippen LogP contribution is -2.50. The van der Waals surface area contributed by atoms with Crippen LogP contribution in [0.25, 0.3) is 0 Å². The largest absolute Gasteiger partial charge is 0.497 e. The monoisotopic (exact) mass is 388 g/mol. The summed E-state index contributed by atoms with van der Waals surface area (Å²) in [5, 5.41) is 0. The number of aromatic nitrogens is 2. The summed E-state index contributed by atoms with van der Waals surface area (Å²) in [6, 6.07) is 7.46. The van der Waals surface area contributed by atoms with Gasteiger partial charge in [0, 0.05) is 26.2 Å². The predicted molar refractivity (Wildman–Crippen MR) is 104 cm³/mol. The fraction of sp³-hybridized carbons (Fsp3) is 0.450. The Morgan fingerprint density at radius 1 is 1.29 bits per heavy atom. The summed E-state index contributed by atoms with van der Waals surface area (Å²) in [6.07, 6.45) is 0.306. The zero-order chi connectivity index (χ0) is 20.3. The molecule has 150 valence electrons. The number of nitrogens with one attached hydrogen (secondary N) is 1. The fourth-order valence-electron chi connectivity index (χ4n) is 3.23. The number of H-pyrrole nitrogens is 1. The molecule has 1 amide bonds. The van der Waals surface area contributed by atoms with Crippen molar-refractivity contribution in [1.82, 2.24) is 14.9 Å². The Labute approximate surface area is 163 Å². The third kappa shape index (κ3) is 4.32. The number of piperazine rings is 1. The molecule has 1 saturated heterocycles. The Balaban J connectivity index is 1.64. The molecule has 0 unspecified atom stereocenters. The molecule has 28 heavy (non-hydrogen) atoms. The van der Waals surface area contributed by atoms with Gasteiger partial charge in [0.05, 0.1) is 19.2 Å². The molecule has 1 aliphatic rings. The molecule has 0 atom stereocenters. The second-order valence-electron chi connectivity index (χ2n) is 7.14. The van der Waals surface area contributed by atoms with E-state index in [0.717, 1.165) is 11.3 Å². The van der Waals surface area contributed by atoms with Crippen LogP contribution >= 0.6 is 0 Å². The molecule has 1 aromatic carbocycles. The van der Waals surface area contributed by atoms with Crippen molar-refractivity contribution in [3.8, 4) is 5.75 Å². The first kappa shape index (κ1) is 19.9. The van der Waals surface area contributed by atoms with Crippen molar-refractivity contribution in [1.29, 1.82) is 0 Å². The van der Waals surface area contributed by atoms with E-state index in [-0.39, 0.29) is 17.5 Å². The second kappa shape index (κ2) is 8.41. The molecule has 2 heterocycles. The van der Waals surface area contributed by atoms with Crippen LogP contribution in [-0.2, 0) is 11.2 Å². The van der Waals surface area contributed by atoms with Crippen LogP contribution in [0, 0.1) is 5.82 Å². The van der Waals surface area contributed by atoms with Crippen molar-refractivity contribution in [2.45, 2.75) is 26.2 Å². The van der Waals surface area contributed by atoms with Crippen molar-refractivity contribution in [2.75, 3.05) is 38.2 Å². The number of benzene rings is 1. The summed E-state index contributed by atoms with van der Waals surface area (Å²) in [5.41, 5.74) is 0.304. The maximum absolute atomic E-state index is 13.9. The number of amides is 1. The highest BCUT2D eigenvalue weighted by Crippen LogP contribution is 2.18. The predicted octanol–water partition coefficient (Wildman–Crippen LogP) is 1.93. The summed E-state index contributed by atoms with van der Waals surface area (Å²) in [6.45, 7) is 5.67. The van der Waals surface area contributed by atoms with Gasteiger partial charge in [-0.05, 0) is 23.6 Å². The molecule has 1 fully saturated rings. The molecule has 0 radical (unpaired) electrons. The third-order valence-electron chi connectivity index (χ3n) is 4.84. The van der Waals surface area contributed by atoms with Gasteiger partial charge in [0.1, 0.15) is 5.75 Å². The van der Waals surface area contributed by atoms with E-state index in [9.17, 15) is 14.0 Å². The normalized spacial score (nSPS) is 14.5. The Hall–Kier alpha value is -2.90. The second-order valence-corrected chi connectivity index (χ2v) is 7.14. The highest BCUT2D eigenvalue weighted by Gasteiger charge is 2.24. The number of nitrogens with zero attached hydrogens (tertiary/aromatic N) is 3. The van der Waals surface area contributed by atoms with Gasteiger partial charge in [-0.2, -0.15) is 4.39 Å². The van der Waals surface area contributed by atoms with Gasteiger partial charge in [0.25, 0.3) is 5.56 Å². The quantitative estimate of drug-likeness (QED) is 0.847. The molecule has 3 rings (SSSR count). The van der Waals surface area contributed by atoms with Gasteiger partial charge in [-0.3, -0.25) is 14.6 Å². The molecule has 1 aromatic heterocycles. The van der Waals surface area contributed by atoms with Crippen LogP contribution in [0.2, 0.25) is 0 Å².